The molecule has 0 unspecified atom stereocenters. The van der Waals surface area contributed by atoms with Gasteiger partial charge in [0.1, 0.15) is 6.61 Å². The molecule has 3 nitrogen and oxygen atoms in total. The second-order valence-corrected chi connectivity index (χ2v) is 4.95. The van der Waals surface area contributed by atoms with E-state index in [9.17, 15) is 5.11 Å². The second-order valence-electron chi connectivity index (χ2n) is 4.13. The molecule has 0 aromatic heterocycles. The Bertz CT molecular complexity index is 600. The lowest BCUT2D eigenvalue weighted by Crippen LogP contribution is -1.99. The Balaban J connectivity index is 2.21. The third kappa shape index (κ3) is 3.37. The minimum atomic E-state index is -0.153. The van der Waals surface area contributed by atoms with Gasteiger partial charge in [-0.05, 0) is 17.7 Å². The standard InChI is InChI=1S/C15H14Cl2O3/c1-19-14-6-11(8-18)13(17)7-15(14)20-9-10-4-2-3-5-12(10)16/h2-7,18H,8-9H2,1H3. The first-order valence-electron chi connectivity index (χ1n) is 5.99. The summed E-state index contributed by atoms with van der Waals surface area (Å²) in [6.07, 6.45) is 0. The van der Waals surface area contributed by atoms with Gasteiger partial charge in [0.15, 0.2) is 11.5 Å². The lowest BCUT2D eigenvalue weighted by molar-refractivity contribution is 0.274. The first kappa shape index (κ1) is 15.0. The molecule has 0 aliphatic heterocycles. The van der Waals surface area contributed by atoms with Crippen molar-refractivity contribution in [1.29, 1.82) is 0 Å². The van der Waals surface area contributed by atoms with Crippen LogP contribution in [-0.4, -0.2) is 12.2 Å². The van der Waals surface area contributed by atoms with Crippen LogP contribution in [0.3, 0.4) is 0 Å². The van der Waals surface area contributed by atoms with Gasteiger partial charge in [0.25, 0.3) is 0 Å². The molecule has 2 aromatic carbocycles. The molecule has 0 atom stereocenters. The van der Waals surface area contributed by atoms with Crippen LogP contribution in [0, 0.1) is 0 Å². The van der Waals surface area contributed by atoms with Crippen LogP contribution in [0.2, 0.25) is 10.0 Å². The molecule has 0 fully saturated rings. The summed E-state index contributed by atoms with van der Waals surface area (Å²) in [7, 11) is 1.53. The van der Waals surface area contributed by atoms with Gasteiger partial charge in [-0.1, -0.05) is 41.4 Å². The fourth-order valence-corrected chi connectivity index (χ4v) is 2.15. The highest BCUT2D eigenvalue weighted by Gasteiger charge is 2.11. The predicted molar refractivity (Wildman–Crippen MR) is 79.7 cm³/mol. The highest BCUT2D eigenvalue weighted by molar-refractivity contribution is 6.31. The van der Waals surface area contributed by atoms with E-state index in [0.29, 0.717) is 33.7 Å². The maximum absolute atomic E-state index is 9.18. The SMILES string of the molecule is COc1cc(CO)c(Cl)cc1OCc1ccccc1Cl. The second kappa shape index (κ2) is 6.84. The van der Waals surface area contributed by atoms with Crippen molar-refractivity contribution in [3.63, 3.8) is 0 Å². The van der Waals surface area contributed by atoms with Gasteiger partial charge in [-0.25, -0.2) is 0 Å². The minimum absolute atomic E-state index is 0.153. The lowest BCUT2D eigenvalue weighted by Gasteiger charge is -2.13. The van der Waals surface area contributed by atoms with Crippen LogP contribution < -0.4 is 9.47 Å². The van der Waals surface area contributed by atoms with Crippen molar-refractivity contribution in [2.45, 2.75) is 13.2 Å². The van der Waals surface area contributed by atoms with E-state index in [1.165, 1.54) is 7.11 Å². The normalized spacial score (nSPS) is 10.4. The van der Waals surface area contributed by atoms with E-state index in [1.807, 2.05) is 18.2 Å². The largest absolute Gasteiger partial charge is 0.493 e. The first-order valence-corrected chi connectivity index (χ1v) is 6.74. The zero-order chi connectivity index (χ0) is 14.5. The van der Waals surface area contributed by atoms with Crippen molar-refractivity contribution in [3.8, 4) is 11.5 Å². The Labute approximate surface area is 127 Å². The van der Waals surface area contributed by atoms with Crippen molar-refractivity contribution in [2.75, 3.05) is 7.11 Å². The van der Waals surface area contributed by atoms with E-state index in [2.05, 4.69) is 0 Å². The molecular weight excluding hydrogens is 299 g/mol. The van der Waals surface area contributed by atoms with Crippen molar-refractivity contribution in [2.24, 2.45) is 0 Å². The Hall–Kier alpha value is -1.42. The molecule has 0 amide bonds. The maximum atomic E-state index is 9.18. The van der Waals surface area contributed by atoms with Gasteiger partial charge in [-0.3, -0.25) is 0 Å². The molecule has 0 radical (unpaired) electrons. The van der Waals surface area contributed by atoms with Crippen molar-refractivity contribution < 1.29 is 14.6 Å². The Kier molecular flexibility index (Phi) is 5.12. The molecule has 0 bridgehead atoms. The van der Waals surface area contributed by atoms with Crippen LogP contribution in [0.5, 0.6) is 11.5 Å². The smallest absolute Gasteiger partial charge is 0.163 e. The topological polar surface area (TPSA) is 38.7 Å². The summed E-state index contributed by atoms with van der Waals surface area (Å²) in [4.78, 5) is 0. The number of hydrogen-bond acceptors (Lipinski definition) is 3. The van der Waals surface area contributed by atoms with Crippen LogP contribution in [-0.2, 0) is 13.2 Å². The first-order chi connectivity index (χ1) is 9.65. The molecular formula is C15H14Cl2O3. The number of halogens is 2. The Morgan fingerprint density at radius 2 is 1.75 bits per heavy atom. The van der Waals surface area contributed by atoms with Gasteiger partial charge in [0.2, 0.25) is 0 Å². The average molecular weight is 313 g/mol. The van der Waals surface area contributed by atoms with Gasteiger partial charge in [-0.15, -0.1) is 0 Å². The van der Waals surface area contributed by atoms with Crippen LogP contribution in [0.4, 0.5) is 0 Å². The van der Waals surface area contributed by atoms with E-state index in [4.69, 9.17) is 32.7 Å². The van der Waals surface area contributed by atoms with Gasteiger partial charge < -0.3 is 14.6 Å². The van der Waals surface area contributed by atoms with E-state index in [0.717, 1.165) is 5.56 Å². The maximum Gasteiger partial charge on any atom is 0.163 e. The number of benzene rings is 2. The lowest BCUT2D eigenvalue weighted by atomic mass is 10.2. The summed E-state index contributed by atoms with van der Waals surface area (Å²) in [5.74, 6) is 1.03. The molecule has 2 rings (SSSR count). The Morgan fingerprint density at radius 1 is 1.00 bits per heavy atom. The fraction of sp³-hybridized carbons (Fsp3) is 0.200. The molecule has 1 N–H and O–H groups in total. The minimum Gasteiger partial charge on any atom is -0.493 e. The van der Waals surface area contributed by atoms with E-state index < -0.39 is 0 Å². The van der Waals surface area contributed by atoms with Gasteiger partial charge >= 0.3 is 0 Å². The molecule has 20 heavy (non-hydrogen) atoms. The molecule has 2 aromatic rings. The number of methoxy groups -OCH3 is 1. The van der Waals surface area contributed by atoms with Gasteiger partial charge in [0.05, 0.1) is 18.7 Å². The highest BCUT2D eigenvalue weighted by Crippen LogP contribution is 2.34. The van der Waals surface area contributed by atoms with Crippen molar-refractivity contribution >= 4 is 23.2 Å². The van der Waals surface area contributed by atoms with Crippen LogP contribution in [0.1, 0.15) is 11.1 Å². The number of rotatable bonds is 5. The summed E-state index contributed by atoms with van der Waals surface area (Å²) in [6.45, 7) is 0.158. The highest BCUT2D eigenvalue weighted by atomic mass is 35.5. The molecule has 0 saturated heterocycles. The predicted octanol–water partition coefficient (Wildman–Crippen LogP) is 4.07. The molecule has 0 spiro atoms. The van der Waals surface area contributed by atoms with Gasteiger partial charge in [-0.2, -0.15) is 0 Å². The Morgan fingerprint density at radius 3 is 2.40 bits per heavy atom. The van der Waals surface area contributed by atoms with Gasteiger partial charge in [0, 0.05) is 16.7 Å². The van der Waals surface area contributed by atoms with E-state index >= 15 is 0 Å². The number of aliphatic hydroxyl groups is 1. The third-order valence-corrected chi connectivity index (χ3v) is 3.56. The summed E-state index contributed by atoms with van der Waals surface area (Å²) in [5.41, 5.74) is 1.46. The van der Waals surface area contributed by atoms with Crippen LogP contribution in [0.25, 0.3) is 0 Å². The molecule has 0 heterocycles. The number of aliphatic hydroxyl groups excluding tert-OH is 1. The molecule has 0 aliphatic rings. The van der Waals surface area contributed by atoms with Crippen LogP contribution >= 0.6 is 23.2 Å². The summed E-state index contributed by atoms with van der Waals surface area (Å²) in [6, 6.07) is 10.7. The fourth-order valence-electron chi connectivity index (χ4n) is 1.74. The van der Waals surface area contributed by atoms with E-state index in [-0.39, 0.29) is 6.61 Å². The monoisotopic (exact) mass is 312 g/mol. The summed E-state index contributed by atoms with van der Waals surface area (Å²) < 4.78 is 10.9. The summed E-state index contributed by atoms with van der Waals surface area (Å²) in [5, 5.41) is 10.3. The number of ether oxygens (including phenoxy) is 2. The van der Waals surface area contributed by atoms with E-state index in [1.54, 1.807) is 18.2 Å². The zero-order valence-corrected chi connectivity index (χ0v) is 12.4. The number of hydrogen-bond donors (Lipinski definition) is 1. The molecule has 0 aliphatic carbocycles. The van der Waals surface area contributed by atoms with Crippen molar-refractivity contribution in [3.05, 3.63) is 57.6 Å². The molecule has 0 saturated carbocycles. The third-order valence-electron chi connectivity index (χ3n) is 2.84. The molecule has 106 valence electrons. The quantitative estimate of drug-likeness (QED) is 0.904. The summed E-state index contributed by atoms with van der Waals surface area (Å²) >= 11 is 12.1. The van der Waals surface area contributed by atoms with Crippen molar-refractivity contribution in [1.82, 2.24) is 0 Å². The average Bonchev–Trinajstić information content (AvgIpc) is 2.46. The van der Waals surface area contributed by atoms with Crippen LogP contribution in [0.15, 0.2) is 36.4 Å². The molecule has 5 heteroatoms. The zero-order valence-electron chi connectivity index (χ0n) is 10.9.